The van der Waals surface area contributed by atoms with E-state index in [4.69, 9.17) is 0 Å². The van der Waals surface area contributed by atoms with Crippen LogP contribution in [0.25, 0.3) is 0 Å². The zero-order chi connectivity index (χ0) is 15.0. The molecule has 1 aromatic heterocycles. The quantitative estimate of drug-likeness (QED) is 0.781. The zero-order valence-electron chi connectivity index (χ0n) is 13.9. The van der Waals surface area contributed by atoms with Gasteiger partial charge < -0.3 is 5.32 Å². The molecule has 2 rings (SSSR count). The van der Waals surface area contributed by atoms with Gasteiger partial charge >= 0.3 is 0 Å². The third kappa shape index (κ3) is 5.37. The fourth-order valence-electron chi connectivity index (χ4n) is 3.65. The van der Waals surface area contributed by atoms with Crippen LogP contribution in [0.1, 0.15) is 89.5 Å². The molecule has 1 aliphatic carbocycles. The Balaban J connectivity index is 2.11. The van der Waals surface area contributed by atoms with Crippen molar-refractivity contribution < 1.29 is 0 Å². The lowest BCUT2D eigenvalue weighted by Crippen LogP contribution is -2.46. The van der Waals surface area contributed by atoms with E-state index < -0.39 is 0 Å². The molecule has 1 aromatic rings. The molecule has 0 saturated heterocycles. The van der Waals surface area contributed by atoms with Crippen LogP contribution in [0, 0.1) is 0 Å². The van der Waals surface area contributed by atoms with Gasteiger partial charge in [-0.25, -0.2) is 4.98 Å². The fraction of sp³-hybridized carbons (Fsp3) is 0.833. The summed E-state index contributed by atoms with van der Waals surface area (Å²) in [5.41, 5.74) is 0.127. The minimum absolute atomic E-state index is 0.127. The summed E-state index contributed by atoms with van der Waals surface area (Å²) in [6, 6.07) is 0.516. The van der Waals surface area contributed by atoms with E-state index in [0.717, 1.165) is 0 Å². The Kier molecular flexibility index (Phi) is 7.18. The fourth-order valence-corrected chi connectivity index (χ4v) is 4.51. The van der Waals surface area contributed by atoms with Crippen molar-refractivity contribution >= 4 is 11.3 Å². The van der Waals surface area contributed by atoms with Gasteiger partial charge in [-0.15, -0.1) is 11.3 Å². The Labute approximate surface area is 134 Å². The number of thiazole rings is 1. The Morgan fingerprint density at radius 3 is 1.90 bits per heavy atom. The first-order chi connectivity index (χ1) is 10.2. The van der Waals surface area contributed by atoms with Crippen LogP contribution in [0.5, 0.6) is 0 Å². The van der Waals surface area contributed by atoms with Crippen LogP contribution in [0.15, 0.2) is 11.6 Å². The van der Waals surface area contributed by atoms with E-state index in [1.165, 1.54) is 75.6 Å². The van der Waals surface area contributed by atoms with Crippen molar-refractivity contribution in [3.8, 4) is 0 Å². The van der Waals surface area contributed by atoms with Gasteiger partial charge in [0.25, 0.3) is 0 Å². The largest absolute Gasteiger partial charge is 0.303 e. The van der Waals surface area contributed by atoms with Crippen molar-refractivity contribution in [3.05, 3.63) is 16.6 Å². The van der Waals surface area contributed by atoms with Crippen molar-refractivity contribution in [2.45, 2.75) is 96.1 Å². The summed E-state index contributed by atoms with van der Waals surface area (Å²) in [6.45, 7) is 4.54. The molecule has 0 atom stereocenters. The van der Waals surface area contributed by atoms with Crippen molar-refractivity contribution in [2.75, 3.05) is 0 Å². The van der Waals surface area contributed by atoms with E-state index in [-0.39, 0.29) is 5.54 Å². The van der Waals surface area contributed by atoms with Gasteiger partial charge in [0.05, 0.1) is 5.54 Å². The second-order valence-electron chi connectivity index (χ2n) is 6.90. The maximum atomic E-state index is 4.69. The van der Waals surface area contributed by atoms with Crippen molar-refractivity contribution in [1.82, 2.24) is 10.3 Å². The van der Waals surface area contributed by atoms with Crippen LogP contribution in [-0.2, 0) is 5.54 Å². The second-order valence-corrected chi connectivity index (χ2v) is 7.79. The number of nitrogens with zero attached hydrogens (tertiary/aromatic N) is 1. The van der Waals surface area contributed by atoms with E-state index in [2.05, 4.69) is 29.5 Å². The molecular formula is C18H32N2S. The summed E-state index contributed by atoms with van der Waals surface area (Å²) >= 11 is 1.83. The Morgan fingerprint density at radius 2 is 1.48 bits per heavy atom. The minimum atomic E-state index is 0.127. The molecule has 0 spiro atoms. The zero-order valence-corrected chi connectivity index (χ0v) is 14.7. The highest BCUT2D eigenvalue weighted by Gasteiger charge is 2.34. The molecule has 1 saturated carbocycles. The summed E-state index contributed by atoms with van der Waals surface area (Å²) in [6.07, 6.45) is 17.0. The molecule has 1 N–H and O–H groups in total. The minimum Gasteiger partial charge on any atom is -0.303 e. The van der Waals surface area contributed by atoms with Gasteiger partial charge in [-0.1, -0.05) is 57.8 Å². The average molecular weight is 309 g/mol. The molecule has 3 heteroatoms. The lowest BCUT2D eigenvalue weighted by Gasteiger charge is -2.36. The number of hydrogen-bond acceptors (Lipinski definition) is 3. The van der Waals surface area contributed by atoms with Crippen LogP contribution in [0.4, 0.5) is 0 Å². The smallest absolute Gasteiger partial charge is 0.113 e. The Morgan fingerprint density at radius 1 is 0.952 bits per heavy atom. The van der Waals surface area contributed by atoms with Gasteiger partial charge in [0.15, 0.2) is 0 Å². The lowest BCUT2D eigenvalue weighted by molar-refractivity contribution is 0.243. The van der Waals surface area contributed by atoms with Gasteiger partial charge in [0.1, 0.15) is 5.01 Å². The molecule has 0 radical (unpaired) electrons. The summed E-state index contributed by atoms with van der Waals surface area (Å²) in [5, 5.41) is 7.34. The summed E-state index contributed by atoms with van der Waals surface area (Å²) in [7, 11) is 0. The third-order valence-electron chi connectivity index (χ3n) is 4.61. The molecule has 120 valence electrons. The predicted octanol–water partition coefficient (Wildman–Crippen LogP) is 5.64. The number of rotatable bonds is 3. The van der Waals surface area contributed by atoms with Crippen LogP contribution in [-0.4, -0.2) is 11.0 Å². The van der Waals surface area contributed by atoms with Gasteiger partial charge in [0.2, 0.25) is 0 Å². The van der Waals surface area contributed by atoms with Gasteiger partial charge in [0, 0.05) is 17.6 Å². The molecule has 0 unspecified atom stereocenters. The van der Waals surface area contributed by atoms with Crippen LogP contribution in [0.2, 0.25) is 0 Å². The molecule has 1 aliphatic rings. The summed E-state index contributed by atoms with van der Waals surface area (Å²) in [4.78, 5) is 4.69. The average Bonchev–Trinajstić information content (AvgIpc) is 2.96. The van der Waals surface area contributed by atoms with E-state index in [1.54, 1.807) is 0 Å². The first-order valence-electron chi connectivity index (χ1n) is 8.91. The van der Waals surface area contributed by atoms with E-state index in [9.17, 15) is 0 Å². The van der Waals surface area contributed by atoms with Crippen molar-refractivity contribution in [3.63, 3.8) is 0 Å². The van der Waals surface area contributed by atoms with E-state index in [0.29, 0.717) is 6.04 Å². The van der Waals surface area contributed by atoms with Crippen LogP contribution >= 0.6 is 11.3 Å². The highest BCUT2D eigenvalue weighted by atomic mass is 32.1. The molecule has 1 fully saturated rings. The van der Waals surface area contributed by atoms with E-state index >= 15 is 0 Å². The maximum absolute atomic E-state index is 4.69. The standard InChI is InChI=1S/C18H32N2S/c1-16(2)20-18(17-19-14-15-21-17)12-10-8-6-4-3-5-7-9-11-13-18/h14-16,20H,3-13H2,1-2H3. The highest BCUT2D eigenvalue weighted by Crippen LogP contribution is 2.35. The molecule has 0 aliphatic heterocycles. The van der Waals surface area contributed by atoms with Crippen LogP contribution in [0.3, 0.4) is 0 Å². The monoisotopic (exact) mass is 308 g/mol. The molecule has 0 amide bonds. The first-order valence-corrected chi connectivity index (χ1v) is 9.79. The summed E-state index contributed by atoms with van der Waals surface area (Å²) < 4.78 is 0. The number of hydrogen-bond donors (Lipinski definition) is 1. The van der Waals surface area contributed by atoms with Crippen molar-refractivity contribution in [2.24, 2.45) is 0 Å². The van der Waals surface area contributed by atoms with Crippen molar-refractivity contribution in [1.29, 1.82) is 0 Å². The van der Waals surface area contributed by atoms with Gasteiger partial charge in [-0.05, 0) is 26.7 Å². The highest BCUT2D eigenvalue weighted by molar-refractivity contribution is 7.09. The molecule has 1 heterocycles. The molecular weight excluding hydrogens is 276 g/mol. The van der Waals surface area contributed by atoms with Crippen LogP contribution < -0.4 is 5.32 Å². The Bertz CT molecular complexity index is 361. The SMILES string of the molecule is CC(C)NC1(c2nccs2)CCCCCCCCCCC1. The number of aromatic nitrogens is 1. The predicted molar refractivity (Wildman–Crippen MR) is 92.9 cm³/mol. The van der Waals surface area contributed by atoms with E-state index in [1.807, 2.05) is 17.5 Å². The maximum Gasteiger partial charge on any atom is 0.113 e. The Hall–Kier alpha value is -0.410. The normalized spacial score (nSPS) is 21.7. The molecule has 2 nitrogen and oxygen atoms in total. The number of nitrogens with one attached hydrogen (secondary N) is 1. The lowest BCUT2D eigenvalue weighted by atomic mass is 9.85. The first kappa shape index (κ1) is 17.0. The third-order valence-corrected chi connectivity index (χ3v) is 5.59. The van der Waals surface area contributed by atoms with Gasteiger partial charge in [-0.3, -0.25) is 0 Å². The van der Waals surface area contributed by atoms with Gasteiger partial charge in [-0.2, -0.15) is 0 Å². The second kappa shape index (κ2) is 8.89. The molecule has 0 bridgehead atoms. The topological polar surface area (TPSA) is 24.9 Å². The molecule has 21 heavy (non-hydrogen) atoms. The summed E-state index contributed by atoms with van der Waals surface area (Å²) in [5.74, 6) is 0. The molecule has 0 aromatic carbocycles.